The Kier molecular flexibility index (Phi) is 1.79. The van der Waals surface area contributed by atoms with E-state index in [0.717, 1.165) is 5.39 Å². The standard InChI is InChI=1S/C12H5ClO3/c13-7-2-4-8-6(5-7)1-3-9-10(8)12(15)16-11(9)14/h1-5H. The number of fused-ring (bicyclic) bond motifs is 3. The van der Waals surface area contributed by atoms with E-state index in [1.165, 1.54) is 0 Å². The topological polar surface area (TPSA) is 43.4 Å². The molecule has 78 valence electrons. The van der Waals surface area contributed by atoms with Gasteiger partial charge in [-0.25, -0.2) is 9.59 Å². The number of halogens is 1. The zero-order valence-corrected chi connectivity index (χ0v) is 8.75. The molecule has 16 heavy (non-hydrogen) atoms. The molecule has 0 aromatic heterocycles. The van der Waals surface area contributed by atoms with Crippen molar-refractivity contribution in [2.24, 2.45) is 0 Å². The van der Waals surface area contributed by atoms with Crippen LogP contribution in [0.1, 0.15) is 20.7 Å². The highest BCUT2D eigenvalue weighted by atomic mass is 35.5. The normalized spacial score (nSPS) is 14.1. The molecule has 1 aliphatic heterocycles. The summed E-state index contributed by atoms with van der Waals surface area (Å²) in [5.41, 5.74) is 0.652. The van der Waals surface area contributed by atoms with E-state index in [2.05, 4.69) is 4.74 Å². The Morgan fingerprint density at radius 3 is 2.62 bits per heavy atom. The van der Waals surface area contributed by atoms with Crippen LogP contribution in [0.4, 0.5) is 0 Å². The molecule has 1 aliphatic rings. The lowest BCUT2D eigenvalue weighted by atomic mass is 10.0. The molecule has 0 saturated heterocycles. The molecule has 0 spiro atoms. The van der Waals surface area contributed by atoms with E-state index in [4.69, 9.17) is 11.6 Å². The second-order valence-corrected chi connectivity index (χ2v) is 3.97. The Morgan fingerprint density at radius 2 is 1.81 bits per heavy atom. The van der Waals surface area contributed by atoms with Gasteiger partial charge >= 0.3 is 11.9 Å². The zero-order valence-electron chi connectivity index (χ0n) is 7.99. The summed E-state index contributed by atoms with van der Waals surface area (Å²) in [7, 11) is 0. The minimum Gasteiger partial charge on any atom is -0.386 e. The van der Waals surface area contributed by atoms with Gasteiger partial charge in [0.1, 0.15) is 0 Å². The molecule has 0 amide bonds. The molecule has 0 aliphatic carbocycles. The van der Waals surface area contributed by atoms with Gasteiger partial charge in [0.25, 0.3) is 0 Å². The van der Waals surface area contributed by atoms with Crippen molar-refractivity contribution in [2.75, 3.05) is 0 Å². The lowest BCUT2D eigenvalue weighted by molar-refractivity contribution is 0.0444. The summed E-state index contributed by atoms with van der Waals surface area (Å²) >= 11 is 5.85. The van der Waals surface area contributed by atoms with Gasteiger partial charge in [0.15, 0.2) is 0 Å². The highest BCUT2D eigenvalue weighted by molar-refractivity contribution is 6.31. The second kappa shape index (κ2) is 3.06. The van der Waals surface area contributed by atoms with Crippen molar-refractivity contribution < 1.29 is 14.3 Å². The van der Waals surface area contributed by atoms with Crippen LogP contribution in [-0.4, -0.2) is 11.9 Å². The molecular formula is C12H5ClO3. The molecule has 0 bridgehead atoms. The average Bonchev–Trinajstić information content (AvgIpc) is 2.54. The van der Waals surface area contributed by atoms with Gasteiger partial charge < -0.3 is 4.74 Å². The van der Waals surface area contributed by atoms with Gasteiger partial charge in [0.05, 0.1) is 11.1 Å². The molecule has 1 heterocycles. The van der Waals surface area contributed by atoms with Gasteiger partial charge in [-0.1, -0.05) is 23.7 Å². The Labute approximate surface area is 95.6 Å². The third-order valence-electron chi connectivity index (χ3n) is 2.59. The quantitative estimate of drug-likeness (QED) is 0.518. The molecule has 3 rings (SSSR count). The van der Waals surface area contributed by atoms with Gasteiger partial charge in [-0.2, -0.15) is 0 Å². The van der Waals surface area contributed by atoms with E-state index >= 15 is 0 Å². The van der Waals surface area contributed by atoms with Gasteiger partial charge in [0.2, 0.25) is 0 Å². The van der Waals surface area contributed by atoms with Crippen molar-refractivity contribution in [1.82, 2.24) is 0 Å². The lowest BCUT2D eigenvalue weighted by Crippen LogP contribution is -1.97. The van der Waals surface area contributed by atoms with Crippen LogP contribution in [0, 0.1) is 0 Å². The van der Waals surface area contributed by atoms with Crippen LogP contribution in [0.25, 0.3) is 10.8 Å². The van der Waals surface area contributed by atoms with Crippen molar-refractivity contribution in [3.05, 3.63) is 46.5 Å². The molecule has 0 saturated carbocycles. The minimum atomic E-state index is -0.590. The largest absolute Gasteiger partial charge is 0.386 e. The smallest absolute Gasteiger partial charge is 0.347 e. The molecule has 3 nitrogen and oxygen atoms in total. The molecule has 0 unspecified atom stereocenters. The average molecular weight is 233 g/mol. The Balaban J connectivity index is 2.45. The van der Waals surface area contributed by atoms with Crippen LogP contribution in [0.2, 0.25) is 5.02 Å². The maximum Gasteiger partial charge on any atom is 0.347 e. The van der Waals surface area contributed by atoms with E-state index < -0.39 is 11.9 Å². The Morgan fingerprint density at radius 1 is 1.00 bits per heavy atom. The summed E-state index contributed by atoms with van der Waals surface area (Å²) < 4.78 is 4.56. The van der Waals surface area contributed by atoms with Crippen LogP contribution < -0.4 is 0 Å². The highest BCUT2D eigenvalue weighted by Crippen LogP contribution is 2.29. The molecule has 0 radical (unpaired) electrons. The van der Waals surface area contributed by atoms with Crippen molar-refractivity contribution in [2.45, 2.75) is 0 Å². The summed E-state index contributed by atoms with van der Waals surface area (Å²) in [6, 6.07) is 8.48. The first-order valence-electron chi connectivity index (χ1n) is 4.65. The van der Waals surface area contributed by atoms with Gasteiger partial charge in [-0.05, 0) is 29.0 Å². The number of rotatable bonds is 0. The van der Waals surface area contributed by atoms with E-state index in [-0.39, 0.29) is 0 Å². The Bertz CT molecular complexity index is 646. The number of carbonyl (C=O) groups is 2. The fourth-order valence-corrected chi connectivity index (χ4v) is 2.06. The Hall–Kier alpha value is -1.87. The van der Waals surface area contributed by atoms with Crippen LogP contribution >= 0.6 is 11.6 Å². The molecule has 2 aromatic rings. The highest BCUT2D eigenvalue weighted by Gasteiger charge is 2.31. The SMILES string of the molecule is O=C1OC(=O)c2c1ccc1cc(Cl)ccc21. The van der Waals surface area contributed by atoms with Crippen LogP contribution in [0.3, 0.4) is 0 Å². The number of hydrogen-bond acceptors (Lipinski definition) is 3. The lowest BCUT2D eigenvalue weighted by Gasteiger charge is -2.01. The maximum absolute atomic E-state index is 11.5. The monoisotopic (exact) mass is 232 g/mol. The first-order chi connectivity index (χ1) is 7.66. The number of esters is 2. The van der Waals surface area contributed by atoms with Gasteiger partial charge in [-0.3, -0.25) is 0 Å². The fraction of sp³-hybridized carbons (Fsp3) is 0. The molecule has 0 atom stereocenters. The number of carbonyl (C=O) groups excluding carboxylic acids is 2. The van der Waals surface area contributed by atoms with E-state index in [0.29, 0.717) is 21.5 Å². The molecular weight excluding hydrogens is 228 g/mol. The minimum absolute atomic E-state index is 0.319. The van der Waals surface area contributed by atoms with Crippen molar-refractivity contribution in [1.29, 1.82) is 0 Å². The summed E-state index contributed by atoms with van der Waals surface area (Å²) in [5, 5.41) is 2.10. The summed E-state index contributed by atoms with van der Waals surface area (Å²) in [6.07, 6.45) is 0. The summed E-state index contributed by atoms with van der Waals surface area (Å²) in [5.74, 6) is -1.18. The summed E-state index contributed by atoms with van der Waals surface area (Å²) in [6.45, 7) is 0. The first-order valence-corrected chi connectivity index (χ1v) is 5.03. The maximum atomic E-state index is 11.5. The van der Waals surface area contributed by atoms with Gasteiger partial charge in [-0.15, -0.1) is 0 Å². The third kappa shape index (κ3) is 1.15. The van der Waals surface area contributed by atoms with E-state index in [1.807, 2.05) is 0 Å². The number of cyclic esters (lactones) is 2. The summed E-state index contributed by atoms with van der Waals surface area (Å²) in [4.78, 5) is 22.8. The fourth-order valence-electron chi connectivity index (χ4n) is 1.88. The van der Waals surface area contributed by atoms with Crippen molar-refractivity contribution >= 4 is 34.3 Å². The van der Waals surface area contributed by atoms with Crippen LogP contribution in [0.5, 0.6) is 0 Å². The number of hydrogen-bond donors (Lipinski definition) is 0. The van der Waals surface area contributed by atoms with Crippen LogP contribution in [-0.2, 0) is 4.74 Å². The van der Waals surface area contributed by atoms with Gasteiger partial charge in [0, 0.05) is 5.02 Å². The van der Waals surface area contributed by atoms with Crippen LogP contribution in [0.15, 0.2) is 30.3 Å². The van der Waals surface area contributed by atoms with E-state index in [9.17, 15) is 9.59 Å². The predicted octanol–water partition coefficient (Wildman–Crippen LogP) is 2.80. The second-order valence-electron chi connectivity index (χ2n) is 3.53. The number of benzene rings is 2. The predicted molar refractivity (Wildman–Crippen MR) is 58.7 cm³/mol. The third-order valence-corrected chi connectivity index (χ3v) is 2.83. The number of ether oxygens (including phenoxy) is 1. The molecule has 0 N–H and O–H groups in total. The molecule has 0 fully saturated rings. The van der Waals surface area contributed by atoms with Crippen molar-refractivity contribution in [3.63, 3.8) is 0 Å². The molecule has 2 aromatic carbocycles. The van der Waals surface area contributed by atoms with Crippen molar-refractivity contribution in [3.8, 4) is 0 Å². The zero-order chi connectivity index (χ0) is 11.3. The first kappa shape index (κ1) is 9.36. The van der Waals surface area contributed by atoms with E-state index in [1.54, 1.807) is 30.3 Å². The molecule has 4 heteroatoms.